The van der Waals surface area contributed by atoms with Crippen LogP contribution in [0.2, 0.25) is 0 Å². The van der Waals surface area contributed by atoms with Crippen molar-refractivity contribution in [3.8, 4) is 5.75 Å². The maximum absolute atomic E-state index is 5.74. The predicted molar refractivity (Wildman–Crippen MR) is 58.8 cm³/mol. The largest absolute Gasteiger partial charge is 0.493 e. The fraction of sp³-hybridized carbons (Fsp3) is 0.538. The van der Waals surface area contributed by atoms with Crippen molar-refractivity contribution < 1.29 is 4.74 Å². The molecular formula is C13H18O. The van der Waals surface area contributed by atoms with Gasteiger partial charge < -0.3 is 4.74 Å². The summed E-state index contributed by atoms with van der Waals surface area (Å²) in [4.78, 5) is 0. The maximum atomic E-state index is 5.74. The zero-order chi connectivity index (χ0) is 9.97. The summed E-state index contributed by atoms with van der Waals surface area (Å²) >= 11 is 0. The lowest BCUT2D eigenvalue weighted by Crippen LogP contribution is -1.99. The van der Waals surface area contributed by atoms with Gasteiger partial charge in [0, 0.05) is 0 Å². The summed E-state index contributed by atoms with van der Waals surface area (Å²) in [5, 5.41) is 0. The first-order chi connectivity index (χ1) is 6.75. The second kappa shape index (κ2) is 4.04. The molecule has 1 aromatic rings. The molecule has 0 bridgehead atoms. The number of aryl methyl sites for hydroxylation is 2. The number of hydrogen-bond donors (Lipinski definition) is 0. The number of benzene rings is 1. The van der Waals surface area contributed by atoms with Crippen LogP contribution >= 0.6 is 0 Å². The van der Waals surface area contributed by atoms with Gasteiger partial charge in [0.05, 0.1) is 6.61 Å². The van der Waals surface area contributed by atoms with Crippen molar-refractivity contribution in [2.75, 3.05) is 6.61 Å². The predicted octanol–water partition coefficient (Wildman–Crippen LogP) is 3.48. The van der Waals surface area contributed by atoms with Gasteiger partial charge in [-0.3, -0.25) is 0 Å². The highest BCUT2D eigenvalue weighted by Crippen LogP contribution is 2.32. The Hall–Kier alpha value is -0.980. The van der Waals surface area contributed by atoms with Gasteiger partial charge in [-0.2, -0.15) is 0 Å². The van der Waals surface area contributed by atoms with Gasteiger partial charge in [-0.1, -0.05) is 30.5 Å². The van der Waals surface area contributed by atoms with E-state index in [9.17, 15) is 0 Å². The molecule has 1 aliphatic rings. The molecule has 1 nitrogen and oxygen atoms in total. The molecule has 76 valence electrons. The molecule has 0 aliphatic heterocycles. The van der Waals surface area contributed by atoms with Crippen LogP contribution in [-0.2, 0) is 0 Å². The van der Waals surface area contributed by atoms with Crippen LogP contribution in [-0.4, -0.2) is 6.61 Å². The third-order valence-electron chi connectivity index (χ3n) is 2.81. The van der Waals surface area contributed by atoms with Crippen molar-refractivity contribution in [1.29, 1.82) is 0 Å². The van der Waals surface area contributed by atoms with Crippen molar-refractivity contribution in [2.24, 2.45) is 5.92 Å². The summed E-state index contributed by atoms with van der Waals surface area (Å²) in [7, 11) is 0. The van der Waals surface area contributed by atoms with E-state index in [0.717, 1.165) is 18.3 Å². The van der Waals surface area contributed by atoms with Gasteiger partial charge in [-0.05, 0) is 37.8 Å². The molecule has 0 aromatic heterocycles. The molecule has 0 saturated heterocycles. The SMILES string of the molecule is Cc1ccc(OCCC2CC2)c(C)c1. The number of rotatable bonds is 4. The van der Waals surface area contributed by atoms with Gasteiger partial charge in [-0.25, -0.2) is 0 Å². The van der Waals surface area contributed by atoms with E-state index in [0.29, 0.717) is 0 Å². The minimum absolute atomic E-state index is 0.883. The summed E-state index contributed by atoms with van der Waals surface area (Å²) in [6, 6.07) is 6.36. The summed E-state index contributed by atoms with van der Waals surface area (Å²) in [5.74, 6) is 2.01. The minimum atomic E-state index is 0.883. The third-order valence-corrected chi connectivity index (χ3v) is 2.81. The van der Waals surface area contributed by atoms with Gasteiger partial charge in [0.2, 0.25) is 0 Å². The Bertz CT molecular complexity index is 313. The molecule has 0 unspecified atom stereocenters. The summed E-state index contributed by atoms with van der Waals surface area (Å²) < 4.78 is 5.74. The third kappa shape index (κ3) is 2.50. The molecule has 1 aromatic carbocycles. The fourth-order valence-electron chi connectivity index (χ4n) is 1.70. The Labute approximate surface area is 86.1 Å². The molecule has 0 heterocycles. The average molecular weight is 190 g/mol. The van der Waals surface area contributed by atoms with E-state index in [2.05, 4.69) is 32.0 Å². The van der Waals surface area contributed by atoms with E-state index in [1.54, 1.807) is 0 Å². The number of ether oxygens (including phenoxy) is 1. The van der Waals surface area contributed by atoms with Crippen LogP contribution in [0, 0.1) is 19.8 Å². The Balaban J connectivity index is 1.87. The smallest absolute Gasteiger partial charge is 0.122 e. The topological polar surface area (TPSA) is 9.23 Å². The Kier molecular flexibility index (Phi) is 2.76. The van der Waals surface area contributed by atoms with E-state index in [-0.39, 0.29) is 0 Å². The Morgan fingerprint density at radius 2 is 2.07 bits per heavy atom. The molecule has 1 fully saturated rings. The summed E-state index contributed by atoms with van der Waals surface area (Å²) in [6.07, 6.45) is 4.06. The molecule has 1 heteroatoms. The molecule has 0 N–H and O–H groups in total. The standard InChI is InChI=1S/C13H18O/c1-10-3-6-13(11(2)9-10)14-8-7-12-4-5-12/h3,6,9,12H,4-5,7-8H2,1-2H3. The van der Waals surface area contributed by atoms with Gasteiger partial charge in [0.25, 0.3) is 0 Å². The van der Waals surface area contributed by atoms with Gasteiger partial charge in [0.1, 0.15) is 5.75 Å². The summed E-state index contributed by atoms with van der Waals surface area (Å²) in [6.45, 7) is 5.11. The van der Waals surface area contributed by atoms with Gasteiger partial charge in [0.15, 0.2) is 0 Å². The van der Waals surface area contributed by atoms with E-state index in [1.165, 1.54) is 30.4 Å². The molecule has 1 aliphatic carbocycles. The lowest BCUT2D eigenvalue weighted by Gasteiger charge is -2.09. The molecule has 2 rings (SSSR count). The van der Waals surface area contributed by atoms with Crippen LogP contribution in [0.5, 0.6) is 5.75 Å². The van der Waals surface area contributed by atoms with Crippen LogP contribution in [0.3, 0.4) is 0 Å². The van der Waals surface area contributed by atoms with Crippen LogP contribution in [0.25, 0.3) is 0 Å². The van der Waals surface area contributed by atoms with Gasteiger partial charge >= 0.3 is 0 Å². The highest BCUT2D eigenvalue weighted by Gasteiger charge is 2.20. The van der Waals surface area contributed by atoms with Crippen molar-refractivity contribution in [2.45, 2.75) is 33.1 Å². The highest BCUT2D eigenvalue weighted by atomic mass is 16.5. The molecule has 0 radical (unpaired) electrons. The highest BCUT2D eigenvalue weighted by molar-refractivity contribution is 5.35. The van der Waals surface area contributed by atoms with Crippen molar-refractivity contribution >= 4 is 0 Å². The molecule has 0 spiro atoms. The van der Waals surface area contributed by atoms with Crippen LogP contribution in [0.4, 0.5) is 0 Å². The van der Waals surface area contributed by atoms with Crippen molar-refractivity contribution in [3.05, 3.63) is 29.3 Å². The second-order valence-electron chi connectivity index (χ2n) is 4.35. The van der Waals surface area contributed by atoms with Gasteiger partial charge in [-0.15, -0.1) is 0 Å². The quantitative estimate of drug-likeness (QED) is 0.706. The molecule has 14 heavy (non-hydrogen) atoms. The van der Waals surface area contributed by atoms with E-state index < -0.39 is 0 Å². The molecule has 0 amide bonds. The zero-order valence-electron chi connectivity index (χ0n) is 9.05. The lowest BCUT2D eigenvalue weighted by atomic mass is 10.1. The van der Waals surface area contributed by atoms with Crippen molar-refractivity contribution in [1.82, 2.24) is 0 Å². The first-order valence-electron chi connectivity index (χ1n) is 5.46. The van der Waals surface area contributed by atoms with Crippen LogP contribution < -0.4 is 4.74 Å². The average Bonchev–Trinajstić information content (AvgIpc) is 2.92. The Morgan fingerprint density at radius 1 is 1.29 bits per heavy atom. The molecule has 1 saturated carbocycles. The maximum Gasteiger partial charge on any atom is 0.122 e. The Morgan fingerprint density at radius 3 is 2.71 bits per heavy atom. The lowest BCUT2D eigenvalue weighted by molar-refractivity contribution is 0.300. The fourth-order valence-corrected chi connectivity index (χ4v) is 1.70. The molecular weight excluding hydrogens is 172 g/mol. The van der Waals surface area contributed by atoms with E-state index in [4.69, 9.17) is 4.74 Å². The number of hydrogen-bond acceptors (Lipinski definition) is 1. The van der Waals surface area contributed by atoms with Crippen LogP contribution in [0.1, 0.15) is 30.4 Å². The zero-order valence-corrected chi connectivity index (χ0v) is 9.05. The second-order valence-corrected chi connectivity index (χ2v) is 4.35. The van der Waals surface area contributed by atoms with E-state index in [1.807, 2.05) is 0 Å². The van der Waals surface area contributed by atoms with E-state index >= 15 is 0 Å². The minimum Gasteiger partial charge on any atom is -0.493 e. The summed E-state index contributed by atoms with van der Waals surface area (Å²) in [5.41, 5.74) is 2.55. The normalized spacial score (nSPS) is 15.6. The first kappa shape index (κ1) is 9.57. The first-order valence-corrected chi connectivity index (χ1v) is 5.46. The van der Waals surface area contributed by atoms with Crippen LogP contribution in [0.15, 0.2) is 18.2 Å². The van der Waals surface area contributed by atoms with Crippen molar-refractivity contribution in [3.63, 3.8) is 0 Å². The monoisotopic (exact) mass is 190 g/mol. The molecule has 0 atom stereocenters.